The molecule has 0 radical (unpaired) electrons. The Labute approximate surface area is 155 Å². The average Bonchev–Trinajstić information content (AvgIpc) is 2.67. The molecule has 0 aliphatic carbocycles. The second kappa shape index (κ2) is 7.73. The number of carbonyl (C=O) groups excluding carboxylic acids is 2. The molecule has 0 spiro atoms. The van der Waals surface area contributed by atoms with E-state index in [1.54, 1.807) is 6.92 Å². The summed E-state index contributed by atoms with van der Waals surface area (Å²) in [6.07, 6.45) is 1.30. The van der Waals surface area contributed by atoms with Crippen molar-refractivity contribution in [1.29, 1.82) is 0 Å². The topological polar surface area (TPSA) is 49.4 Å². The number of likely N-dealkylation sites (tertiary alicyclic amines) is 1. The van der Waals surface area contributed by atoms with Crippen molar-refractivity contribution in [3.63, 3.8) is 0 Å². The van der Waals surface area contributed by atoms with E-state index in [0.29, 0.717) is 32.5 Å². The highest BCUT2D eigenvalue weighted by Crippen LogP contribution is 2.36. The number of hydrogen-bond acceptors (Lipinski definition) is 2. The number of hydrogen-bond donors (Lipinski definition) is 1. The Bertz CT molecular complexity index is 778. The Morgan fingerprint density at radius 2 is 1.62 bits per heavy atom. The van der Waals surface area contributed by atoms with Gasteiger partial charge in [-0.05, 0) is 36.5 Å². The third-order valence-corrected chi connectivity index (χ3v) is 5.52. The first-order valence-corrected chi connectivity index (χ1v) is 9.17. The highest BCUT2D eigenvalue weighted by atomic mass is 16.2. The van der Waals surface area contributed by atoms with Crippen LogP contribution in [0.3, 0.4) is 0 Å². The highest BCUT2D eigenvalue weighted by molar-refractivity contribution is 5.88. The van der Waals surface area contributed by atoms with Gasteiger partial charge in [-0.3, -0.25) is 9.59 Å². The lowest BCUT2D eigenvalue weighted by Gasteiger charge is -2.40. The van der Waals surface area contributed by atoms with Gasteiger partial charge in [0.15, 0.2) is 0 Å². The van der Waals surface area contributed by atoms with Crippen LogP contribution in [-0.4, -0.2) is 29.8 Å². The van der Waals surface area contributed by atoms with E-state index >= 15 is 0 Å². The van der Waals surface area contributed by atoms with Gasteiger partial charge in [0, 0.05) is 26.6 Å². The molecular formula is C22H26N2O2. The normalized spacial score (nSPS) is 16.2. The number of piperidine rings is 1. The minimum absolute atomic E-state index is 0.0511. The fraction of sp³-hybridized carbons (Fsp3) is 0.364. The number of carbonyl (C=O) groups is 2. The average molecular weight is 350 g/mol. The van der Waals surface area contributed by atoms with Crippen molar-refractivity contribution in [3.8, 4) is 0 Å². The molecule has 1 saturated heterocycles. The SMILES string of the molecule is CC(=O)N1CCC(C(=O)NCc2ccccc2C)(c2ccccc2)CC1. The lowest BCUT2D eigenvalue weighted by atomic mass is 9.72. The standard InChI is InChI=1S/C22H26N2O2/c1-17-8-6-7-9-19(17)16-23-21(26)22(20-10-4-3-5-11-20)12-14-24(15-13-22)18(2)25/h3-11H,12-16H2,1-2H3,(H,23,26). The lowest BCUT2D eigenvalue weighted by Crippen LogP contribution is -2.52. The minimum Gasteiger partial charge on any atom is -0.351 e. The predicted molar refractivity (Wildman–Crippen MR) is 103 cm³/mol. The summed E-state index contributed by atoms with van der Waals surface area (Å²) < 4.78 is 0. The lowest BCUT2D eigenvalue weighted by molar-refractivity contribution is -0.135. The van der Waals surface area contributed by atoms with Gasteiger partial charge in [0.2, 0.25) is 11.8 Å². The second-order valence-electron chi connectivity index (χ2n) is 7.06. The molecule has 2 aromatic rings. The molecule has 0 saturated carbocycles. The second-order valence-corrected chi connectivity index (χ2v) is 7.06. The molecule has 1 N–H and O–H groups in total. The molecule has 136 valence electrons. The molecule has 4 heteroatoms. The zero-order valence-corrected chi connectivity index (χ0v) is 15.5. The van der Waals surface area contributed by atoms with Crippen LogP contribution in [0, 0.1) is 6.92 Å². The molecule has 0 aromatic heterocycles. The summed E-state index contributed by atoms with van der Waals surface area (Å²) in [5.41, 5.74) is 2.76. The number of benzene rings is 2. The largest absolute Gasteiger partial charge is 0.351 e. The molecule has 1 aliphatic rings. The molecule has 0 unspecified atom stereocenters. The monoisotopic (exact) mass is 350 g/mol. The van der Waals surface area contributed by atoms with Gasteiger partial charge >= 0.3 is 0 Å². The van der Waals surface area contributed by atoms with Gasteiger partial charge in [0.1, 0.15) is 0 Å². The maximum absolute atomic E-state index is 13.3. The van der Waals surface area contributed by atoms with Gasteiger partial charge in [0.05, 0.1) is 5.41 Å². The first-order chi connectivity index (χ1) is 12.5. The molecule has 0 atom stereocenters. The van der Waals surface area contributed by atoms with Crippen molar-refractivity contribution in [1.82, 2.24) is 10.2 Å². The van der Waals surface area contributed by atoms with Crippen molar-refractivity contribution < 1.29 is 9.59 Å². The summed E-state index contributed by atoms with van der Waals surface area (Å²) in [5.74, 6) is 0.127. The summed E-state index contributed by atoms with van der Waals surface area (Å²) in [7, 11) is 0. The van der Waals surface area contributed by atoms with Gasteiger partial charge in [-0.25, -0.2) is 0 Å². The first-order valence-electron chi connectivity index (χ1n) is 9.17. The molecular weight excluding hydrogens is 324 g/mol. The van der Waals surface area contributed by atoms with Crippen LogP contribution in [0.25, 0.3) is 0 Å². The zero-order chi connectivity index (χ0) is 18.6. The summed E-state index contributed by atoms with van der Waals surface area (Å²) >= 11 is 0. The Kier molecular flexibility index (Phi) is 5.40. The summed E-state index contributed by atoms with van der Waals surface area (Å²) in [4.78, 5) is 26.8. The third-order valence-electron chi connectivity index (χ3n) is 5.52. The van der Waals surface area contributed by atoms with Crippen LogP contribution in [0.15, 0.2) is 54.6 Å². The van der Waals surface area contributed by atoms with Gasteiger partial charge in [-0.2, -0.15) is 0 Å². The molecule has 1 aliphatic heterocycles. The van der Waals surface area contributed by atoms with Crippen LogP contribution in [0.4, 0.5) is 0 Å². The van der Waals surface area contributed by atoms with Gasteiger partial charge in [-0.1, -0.05) is 54.6 Å². The number of aryl methyl sites for hydroxylation is 1. The van der Waals surface area contributed by atoms with E-state index in [1.165, 1.54) is 5.56 Å². The summed E-state index contributed by atoms with van der Waals surface area (Å²) in [5, 5.41) is 3.15. The molecule has 2 amide bonds. The van der Waals surface area contributed by atoms with Crippen LogP contribution in [-0.2, 0) is 21.5 Å². The van der Waals surface area contributed by atoms with Crippen LogP contribution < -0.4 is 5.32 Å². The van der Waals surface area contributed by atoms with Gasteiger partial charge in [-0.15, -0.1) is 0 Å². The van der Waals surface area contributed by atoms with Crippen molar-refractivity contribution in [2.24, 2.45) is 0 Å². The fourth-order valence-electron chi connectivity index (χ4n) is 3.76. The molecule has 4 nitrogen and oxygen atoms in total. The smallest absolute Gasteiger partial charge is 0.231 e. The molecule has 0 bridgehead atoms. The van der Waals surface area contributed by atoms with E-state index in [4.69, 9.17) is 0 Å². The quantitative estimate of drug-likeness (QED) is 0.921. The number of nitrogens with one attached hydrogen (secondary N) is 1. The van der Waals surface area contributed by atoms with Gasteiger partial charge in [0.25, 0.3) is 0 Å². The third kappa shape index (κ3) is 3.64. The van der Waals surface area contributed by atoms with Crippen molar-refractivity contribution in [2.45, 2.75) is 38.6 Å². The van der Waals surface area contributed by atoms with E-state index in [9.17, 15) is 9.59 Å². The van der Waals surface area contributed by atoms with E-state index < -0.39 is 5.41 Å². The number of nitrogens with zero attached hydrogens (tertiary/aromatic N) is 1. The van der Waals surface area contributed by atoms with Crippen LogP contribution in [0.5, 0.6) is 0 Å². The van der Waals surface area contributed by atoms with Crippen molar-refractivity contribution in [3.05, 3.63) is 71.3 Å². The maximum Gasteiger partial charge on any atom is 0.231 e. The number of amides is 2. The first kappa shape index (κ1) is 18.2. The Morgan fingerprint density at radius 3 is 2.23 bits per heavy atom. The molecule has 3 rings (SSSR count). The highest BCUT2D eigenvalue weighted by Gasteiger charge is 2.43. The molecule has 26 heavy (non-hydrogen) atoms. The Balaban J connectivity index is 1.81. The van der Waals surface area contributed by atoms with E-state index in [-0.39, 0.29) is 11.8 Å². The Morgan fingerprint density at radius 1 is 1.00 bits per heavy atom. The van der Waals surface area contributed by atoms with Crippen molar-refractivity contribution in [2.75, 3.05) is 13.1 Å². The minimum atomic E-state index is -0.574. The van der Waals surface area contributed by atoms with E-state index in [2.05, 4.69) is 18.3 Å². The van der Waals surface area contributed by atoms with Crippen LogP contribution in [0.1, 0.15) is 36.5 Å². The molecule has 2 aromatic carbocycles. The van der Waals surface area contributed by atoms with Gasteiger partial charge < -0.3 is 10.2 Å². The summed E-state index contributed by atoms with van der Waals surface area (Å²) in [6.45, 7) is 5.40. The number of rotatable bonds is 4. The predicted octanol–water partition coefficient (Wildman–Crippen LogP) is 3.19. The van der Waals surface area contributed by atoms with E-state index in [1.807, 2.05) is 53.4 Å². The zero-order valence-electron chi connectivity index (χ0n) is 15.5. The Hall–Kier alpha value is -2.62. The molecule has 1 heterocycles. The summed E-state index contributed by atoms with van der Waals surface area (Å²) in [6, 6.07) is 18.1. The van der Waals surface area contributed by atoms with Crippen LogP contribution in [0.2, 0.25) is 0 Å². The fourth-order valence-corrected chi connectivity index (χ4v) is 3.76. The van der Waals surface area contributed by atoms with E-state index in [0.717, 1.165) is 11.1 Å². The van der Waals surface area contributed by atoms with Crippen LogP contribution >= 0.6 is 0 Å². The molecule has 1 fully saturated rings. The maximum atomic E-state index is 13.3. The van der Waals surface area contributed by atoms with Crippen molar-refractivity contribution >= 4 is 11.8 Å².